The van der Waals surface area contributed by atoms with Crippen molar-refractivity contribution < 1.29 is 9.53 Å². The molecule has 1 aliphatic rings. The van der Waals surface area contributed by atoms with Gasteiger partial charge in [0, 0.05) is 10.6 Å². The minimum Gasteiger partial charge on any atom is -0.461 e. The first-order valence-electron chi connectivity index (χ1n) is 7.37. The molecule has 0 saturated heterocycles. The Balaban J connectivity index is 1.73. The lowest BCUT2D eigenvalue weighted by molar-refractivity contribution is -0.146. The Labute approximate surface area is 131 Å². The van der Waals surface area contributed by atoms with E-state index in [4.69, 9.17) is 4.74 Å². The van der Waals surface area contributed by atoms with Gasteiger partial charge in [-0.25, -0.2) is 0 Å². The smallest absolute Gasteiger partial charge is 0.309 e. The van der Waals surface area contributed by atoms with Crippen LogP contribution in [0.5, 0.6) is 0 Å². The number of ether oxygens (including phenoxy) is 1. The summed E-state index contributed by atoms with van der Waals surface area (Å²) in [7, 11) is 0. The van der Waals surface area contributed by atoms with Gasteiger partial charge in [-0.05, 0) is 37.5 Å². The van der Waals surface area contributed by atoms with E-state index in [1.165, 1.54) is 10.5 Å². The van der Waals surface area contributed by atoms with Gasteiger partial charge in [-0.2, -0.15) is 0 Å². The van der Waals surface area contributed by atoms with Crippen LogP contribution < -0.4 is 0 Å². The van der Waals surface area contributed by atoms with Gasteiger partial charge in [0.25, 0.3) is 0 Å². The summed E-state index contributed by atoms with van der Waals surface area (Å²) in [5, 5.41) is 0. The third-order valence-electron chi connectivity index (χ3n) is 3.38. The van der Waals surface area contributed by atoms with Crippen molar-refractivity contribution in [1.82, 2.24) is 0 Å². The first-order chi connectivity index (χ1) is 10.1. The Bertz CT molecular complexity index is 529. The molecule has 0 radical (unpaired) electrons. The molecule has 0 amide bonds. The van der Waals surface area contributed by atoms with Gasteiger partial charge in [0.15, 0.2) is 0 Å². The molecule has 0 aromatic heterocycles. The van der Waals surface area contributed by atoms with Crippen LogP contribution in [-0.2, 0) is 9.53 Å². The average Bonchev–Trinajstić information content (AvgIpc) is 2.52. The van der Waals surface area contributed by atoms with Crippen molar-refractivity contribution in [2.24, 2.45) is 5.92 Å². The van der Waals surface area contributed by atoms with Crippen LogP contribution in [-0.4, -0.2) is 18.3 Å². The molecule has 1 aromatic rings. The third-order valence-corrected chi connectivity index (χ3v) is 4.65. The number of carbonyl (C=O) groups is 1. The van der Waals surface area contributed by atoms with Gasteiger partial charge in [-0.3, -0.25) is 4.79 Å². The van der Waals surface area contributed by atoms with Crippen LogP contribution in [0, 0.1) is 12.8 Å². The Hall–Kier alpha value is -1.48. The summed E-state index contributed by atoms with van der Waals surface area (Å²) in [5.74, 6) is 0.538. The number of thioether (sulfide) groups is 1. The number of aryl methyl sites for hydroxylation is 1. The number of esters is 1. The van der Waals surface area contributed by atoms with E-state index in [9.17, 15) is 4.79 Å². The molecule has 1 aromatic carbocycles. The van der Waals surface area contributed by atoms with Gasteiger partial charge in [-0.1, -0.05) is 42.8 Å². The number of hydrogen-bond donors (Lipinski definition) is 0. The normalized spacial score (nSPS) is 15.4. The second-order valence-electron chi connectivity index (χ2n) is 5.39. The molecular formula is C18H22O2S. The van der Waals surface area contributed by atoms with Crippen molar-refractivity contribution in [1.29, 1.82) is 0 Å². The zero-order valence-corrected chi connectivity index (χ0v) is 13.5. The number of carbonyl (C=O) groups excluding carboxylic acids is 1. The highest BCUT2D eigenvalue weighted by molar-refractivity contribution is 7.99. The van der Waals surface area contributed by atoms with Gasteiger partial charge >= 0.3 is 5.97 Å². The first-order valence-corrected chi connectivity index (χ1v) is 8.35. The van der Waals surface area contributed by atoms with Gasteiger partial charge in [0.05, 0.1) is 5.92 Å². The van der Waals surface area contributed by atoms with E-state index in [1.807, 2.05) is 13.0 Å². The number of rotatable bonds is 6. The highest BCUT2D eigenvalue weighted by Gasteiger charge is 2.15. The summed E-state index contributed by atoms with van der Waals surface area (Å²) >= 11 is 1.70. The van der Waals surface area contributed by atoms with Crippen molar-refractivity contribution in [2.75, 3.05) is 12.4 Å². The highest BCUT2D eigenvalue weighted by Crippen LogP contribution is 2.21. The van der Waals surface area contributed by atoms with Crippen LogP contribution in [0.2, 0.25) is 0 Å². The Morgan fingerprint density at radius 1 is 1.29 bits per heavy atom. The summed E-state index contributed by atoms with van der Waals surface area (Å²) in [5.41, 5.74) is 2.36. The molecule has 0 N–H and O–H groups in total. The van der Waals surface area contributed by atoms with E-state index >= 15 is 0 Å². The van der Waals surface area contributed by atoms with Gasteiger partial charge in [0.2, 0.25) is 0 Å². The maximum absolute atomic E-state index is 12.0. The maximum Gasteiger partial charge on any atom is 0.309 e. The van der Waals surface area contributed by atoms with E-state index in [0.717, 1.165) is 24.2 Å². The first kappa shape index (κ1) is 15.9. The van der Waals surface area contributed by atoms with Crippen LogP contribution in [0.25, 0.3) is 0 Å². The Morgan fingerprint density at radius 3 is 2.71 bits per heavy atom. The molecule has 0 aliphatic heterocycles. The lowest BCUT2D eigenvalue weighted by atomic mass is 10.1. The molecule has 2 rings (SSSR count). The van der Waals surface area contributed by atoms with Crippen molar-refractivity contribution >= 4 is 17.7 Å². The molecule has 0 heterocycles. The van der Waals surface area contributed by atoms with E-state index in [2.05, 4.69) is 43.3 Å². The topological polar surface area (TPSA) is 26.3 Å². The molecule has 21 heavy (non-hydrogen) atoms. The van der Waals surface area contributed by atoms with E-state index in [-0.39, 0.29) is 11.9 Å². The van der Waals surface area contributed by atoms with Crippen LogP contribution in [0.3, 0.4) is 0 Å². The molecule has 1 atom stereocenters. The minimum absolute atomic E-state index is 0.0931. The number of benzene rings is 1. The van der Waals surface area contributed by atoms with E-state index in [1.54, 1.807) is 11.8 Å². The van der Waals surface area contributed by atoms with Crippen molar-refractivity contribution in [2.45, 2.75) is 31.6 Å². The largest absolute Gasteiger partial charge is 0.461 e. The summed E-state index contributed by atoms with van der Waals surface area (Å²) in [4.78, 5) is 13.2. The monoisotopic (exact) mass is 302 g/mol. The fourth-order valence-electron chi connectivity index (χ4n) is 2.00. The van der Waals surface area contributed by atoms with Crippen molar-refractivity contribution in [3.05, 3.63) is 53.6 Å². The molecule has 112 valence electrons. The summed E-state index contributed by atoms with van der Waals surface area (Å²) in [6.07, 6.45) is 8.44. The SMILES string of the molecule is Cc1ccc(SCC(C)C(=O)OCC2=CCCC=C2)cc1. The second-order valence-corrected chi connectivity index (χ2v) is 6.48. The van der Waals surface area contributed by atoms with E-state index < -0.39 is 0 Å². The minimum atomic E-state index is -0.116. The van der Waals surface area contributed by atoms with Crippen LogP contribution in [0.15, 0.2) is 53.0 Å². The zero-order valence-electron chi connectivity index (χ0n) is 12.7. The molecule has 0 saturated carbocycles. The lowest BCUT2D eigenvalue weighted by Gasteiger charge is -2.13. The number of hydrogen-bond acceptors (Lipinski definition) is 3. The quantitative estimate of drug-likeness (QED) is 0.570. The Morgan fingerprint density at radius 2 is 2.05 bits per heavy atom. The molecule has 0 fully saturated rings. The second kappa shape index (κ2) is 8.08. The van der Waals surface area contributed by atoms with Gasteiger partial charge in [-0.15, -0.1) is 11.8 Å². The summed E-state index contributed by atoms with van der Waals surface area (Å²) in [6, 6.07) is 8.37. The van der Waals surface area contributed by atoms with Crippen LogP contribution in [0.4, 0.5) is 0 Å². The molecule has 1 unspecified atom stereocenters. The molecule has 2 nitrogen and oxygen atoms in total. The average molecular weight is 302 g/mol. The zero-order chi connectivity index (χ0) is 15.1. The Kier molecular flexibility index (Phi) is 6.12. The van der Waals surface area contributed by atoms with Gasteiger partial charge in [0.1, 0.15) is 6.61 Å². The standard InChI is InChI=1S/C18H22O2S/c1-14-8-10-17(11-9-14)21-13-15(2)18(19)20-12-16-6-4-3-5-7-16/h4,6-11,15H,3,5,12-13H2,1-2H3. The van der Waals surface area contributed by atoms with Crippen molar-refractivity contribution in [3.8, 4) is 0 Å². The van der Waals surface area contributed by atoms with Crippen LogP contribution in [0.1, 0.15) is 25.3 Å². The molecule has 1 aliphatic carbocycles. The third kappa shape index (κ3) is 5.43. The molecule has 0 spiro atoms. The van der Waals surface area contributed by atoms with Crippen molar-refractivity contribution in [3.63, 3.8) is 0 Å². The fourth-order valence-corrected chi connectivity index (χ4v) is 2.90. The predicted molar refractivity (Wildman–Crippen MR) is 88.5 cm³/mol. The highest BCUT2D eigenvalue weighted by atomic mass is 32.2. The van der Waals surface area contributed by atoms with E-state index in [0.29, 0.717) is 6.61 Å². The van der Waals surface area contributed by atoms with Crippen LogP contribution >= 0.6 is 11.8 Å². The molecule has 0 bridgehead atoms. The number of allylic oxidation sites excluding steroid dienone is 2. The predicted octanol–water partition coefficient (Wildman–Crippen LogP) is 4.54. The van der Waals surface area contributed by atoms with Gasteiger partial charge < -0.3 is 4.74 Å². The summed E-state index contributed by atoms with van der Waals surface area (Å²) < 4.78 is 5.38. The molecular weight excluding hydrogens is 280 g/mol. The fraction of sp³-hybridized carbons (Fsp3) is 0.389. The summed E-state index contributed by atoms with van der Waals surface area (Å²) in [6.45, 7) is 4.40. The lowest BCUT2D eigenvalue weighted by Crippen LogP contribution is -2.18. The molecule has 3 heteroatoms. The maximum atomic E-state index is 12.0.